The topological polar surface area (TPSA) is 78.4 Å². The van der Waals surface area contributed by atoms with Crippen molar-refractivity contribution in [3.63, 3.8) is 0 Å². The van der Waals surface area contributed by atoms with Gasteiger partial charge in [0.15, 0.2) is 5.11 Å². The number of rotatable bonds is 5. The number of nitrogens with one attached hydrogen (secondary N) is 2. The van der Waals surface area contributed by atoms with Crippen LogP contribution in [0.25, 0.3) is 0 Å². The molecule has 0 aliphatic carbocycles. The maximum absolute atomic E-state index is 11.6. The van der Waals surface area contributed by atoms with Crippen LogP contribution in [-0.4, -0.2) is 22.1 Å². The molecule has 1 aromatic rings. The van der Waals surface area contributed by atoms with Crippen LogP contribution in [0.3, 0.4) is 0 Å². The summed E-state index contributed by atoms with van der Waals surface area (Å²) in [6.07, 6.45) is 1.14. The summed E-state index contributed by atoms with van der Waals surface area (Å²) in [5.74, 6) is -0.827. The molecule has 0 aromatic heterocycles. The number of anilines is 1. The van der Waals surface area contributed by atoms with Gasteiger partial charge in [0.2, 0.25) is 5.91 Å². The SMILES string of the molecule is CC(C)CCC(=O)NC(=S)Nc1cc(C(=O)O)ccc1Cl. The van der Waals surface area contributed by atoms with Gasteiger partial charge in [-0.1, -0.05) is 25.4 Å². The number of thiocarbonyl (C=S) groups is 1. The first-order valence-electron chi connectivity index (χ1n) is 6.43. The van der Waals surface area contributed by atoms with Crippen LogP contribution in [-0.2, 0) is 4.79 Å². The van der Waals surface area contributed by atoms with Gasteiger partial charge >= 0.3 is 5.97 Å². The predicted octanol–water partition coefficient (Wildman–Crippen LogP) is 3.29. The van der Waals surface area contributed by atoms with Gasteiger partial charge in [0.1, 0.15) is 0 Å². The van der Waals surface area contributed by atoms with E-state index >= 15 is 0 Å². The number of hydrogen-bond acceptors (Lipinski definition) is 3. The minimum atomic E-state index is -1.07. The summed E-state index contributed by atoms with van der Waals surface area (Å²) in [5, 5.41) is 14.6. The van der Waals surface area contributed by atoms with Gasteiger partial charge in [0.05, 0.1) is 16.3 Å². The highest BCUT2D eigenvalue weighted by molar-refractivity contribution is 7.80. The molecular weight excluding hydrogens is 312 g/mol. The zero-order valence-electron chi connectivity index (χ0n) is 11.8. The third-order valence-corrected chi connectivity index (χ3v) is 3.20. The monoisotopic (exact) mass is 328 g/mol. The first-order valence-corrected chi connectivity index (χ1v) is 7.22. The standard InChI is InChI=1S/C14H17ClN2O3S/c1-8(2)3-6-12(18)17-14(21)16-11-7-9(13(19)20)4-5-10(11)15/h4-5,7-8H,3,6H2,1-2H3,(H,19,20)(H2,16,17,18,21). The fraction of sp³-hybridized carbons (Fsp3) is 0.357. The maximum atomic E-state index is 11.6. The molecule has 0 spiro atoms. The van der Waals surface area contributed by atoms with Crippen LogP contribution < -0.4 is 10.6 Å². The van der Waals surface area contributed by atoms with Gasteiger partial charge in [-0.3, -0.25) is 4.79 Å². The number of amides is 1. The molecule has 3 N–H and O–H groups in total. The normalized spacial score (nSPS) is 10.3. The third-order valence-electron chi connectivity index (χ3n) is 2.66. The van der Waals surface area contributed by atoms with Crippen molar-refractivity contribution in [3.05, 3.63) is 28.8 Å². The van der Waals surface area contributed by atoms with Gasteiger partial charge < -0.3 is 15.7 Å². The summed E-state index contributed by atoms with van der Waals surface area (Å²) >= 11 is 11.0. The average Bonchev–Trinajstić information content (AvgIpc) is 2.38. The van der Waals surface area contributed by atoms with E-state index in [1.807, 2.05) is 13.8 Å². The van der Waals surface area contributed by atoms with Crippen LogP contribution >= 0.6 is 23.8 Å². The van der Waals surface area contributed by atoms with Gasteiger partial charge in [-0.05, 0) is 42.8 Å². The number of carbonyl (C=O) groups excluding carboxylic acids is 1. The van der Waals surface area contributed by atoms with Crippen molar-refractivity contribution in [2.75, 3.05) is 5.32 Å². The minimum Gasteiger partial charge on any atom is -0.478 e. The Bertz CT molecular complexity index is 561. The van der Waals surface area contributed by atoms with Crippen molar-refractivity contribution in [1.82, 2.24) is 5.32 Å². The quantitative estimate of drug-likeness (QED) is 0.723. The molecule has 114 valence electrons. The number of carbonyl (C=O) groups is 2. The summed E-state index contributed by atoms with van der Waals surface area (Å²) < 4.78 is 0. The number of carboxylic acid groups (broad SMARTS) is 1. The van der Waals surface area contributed by atoms with E-state index in [1.54, 1.807) is 0 Å². The lowest BCUT2D eigenvalue weighted by molar-refractivity contribution is -0.119. The van der Waals surface area contributed by atoms with Crippen molar-refractivity contribution in [2.45, 2.75) is 26.7 Å². The molecule has 7 heteroatoms. The molecule has 1 aromatic carbocycles. The molecule has 1 amide bonds. The maximum Gasteiger partial charge on any atom is 0.335 e. The average molecular weight is 329 g/mol. The Morgan fingerprint density at radius 2 is 2.05 bits per heavy atom. The van der Waals surface area contributed by atoms with Gasteiger partial charge in [-0.25, -0.2) is 4.79 Å². The Hall–Kier alpha value is -1.66. The molecule has 0 saturated heterocycles. The lowest BCUT2D eigenvalue weighted by Crippen LogP contribution is -2.34. The molecule has 1 rings (SSSR count). The van der Waals surface area contributed by atoms with Crippen LogP contribution in [0.1, 0.15) is 37.0 Å². The Morgan fingerprint density at radius 3 is 2.62 bits per heavy atom. The molecule has 21 heavy (non-hydrogen) atoms. The molecule has 0 fully saturated rings. The second-order valence-corrected chi connectivity index (χ2v) is 5.75. The smallest absolute Gasteiger partial charge is 0.335 e. The van der Waals surface area contributed by atoms with Crippen LogP contribution in [0.2, 0.25) is 5.02 Å². The second-order valence-electron chi connectivity index (χ2n) is 4.93. The highest BCUT2D eigenvalue weighted by atomic mass is 35.5. The Kier molecular flexibility index (Phi) is 6.58. The molecular formula is C14H17ClN2O3S. The summed E-state index contributed by atoms with van der Waals surface area (Å²) in [4.78, 5) is 22.5. The van der Waals surface area contributed by atoms with E-state index in [0.29, 0.717) is 23.0 Å². The van der Waals surface area contributed by atoms with Crippen molar-refractivity contribution in [1.29, 1.82) is 0 Å². The molecule has 5 nitrogen and oxygen atoms in total. The first-order chi connectivity index (χ1) is 9.79. The lowest BCUT2D eigenvalue weighted by Gasteiger charge is -2.12. The fourth-order valence-corrected chi connectivity index (χ4v) is 1.91. The summed E-state index contributed by atoms with van der Waals surface area (Å²) in [6.45, 7) is 4.06. The van der Waals surface area contributed by atoms with E-state index in [2.05, 4.69) is 10.6 Å². The molecule has 0 heterocycles. The van der Waals surface area contributed by atoms with E-state index in [9.17, 15) is 9.59 Å². The van der Waals surface area contributed by atoms with E-state index in [-0.39, 0.29) is 16.6 Å². The van der Waals surface area contributed by atoms with Crippen LogP contribution in [0.15, 0.2) is 18.2 Å². The third kappa shape index (κ3) is 6.10. The fourth-order valence-electron chi connectivity index (χ4n) is 1.52. The number of halogens is 1. The van der Waals surface area contributed by atoms with E-state index in [0.717, 1.165) is 6.42 Å². The van der Waals surface area contributed by atoms with E-state index < -0.39 is 5.97 Å². The minimum absolute atomic E-state index is 0.0795. The van der Waals surface area contributed by atoms with Crippen LogP contribution in [0, 0.1) is 5.92 Å². The molecule has 0 radical (unpaired) electrons. The number of aromatic carboxylic acids is 1. The predicted molar refractivity (Wildman–Crippen MR) is 86.8 cm³/mol. The highest BCUT2D eigenvalue weighted by Gasteiger charge is 2.10. The summed E-state index contributed by atoms with van der Waals surface area (Å²) in [6, 6.07) is 4.20. The van der Waals surface area contributed by atoms with Crippen LogP contribution in [0.4, 0.5) is 5.69 Å². The number of hydrogen-bond donors (Lipinski definition) is 3. The van der Waals surface area contributed by atoms with Crippen molar-refractivity contribution in [2.24, 2.45) is 5.92 Å². The molecule has 0 aliphatic heterocycles. The number of carboxylic acids is 1. The zero-order chi connectivity index (χ0) is 16.0. The van der Waals surface area contributed by atoms with E-state index in [1.165, 1.54) is 18.2 Å². The van der Waals surface area contributed by atoms with Gasteiger partial charge in [0, 0.05) is 6.42 Å². The largest absolute Gasteiger partial charge is 0.478 e. The molecule has 0 saturated carbocycles. The molecule has 0 unspecified atom stereocenters. The first kappa shape index (κ1) is 17.4. The Balaban J connectivity index is 2.64. The van der Waals surface area contributed by atoms with Gasteiger partial charge in [-0.15, -0.1) is 0 Å². The van der Waals surface area contributed by atoms with E-state index in [4.69, 9.17) is 28.9 Å². The zero-order valence-corrected chi connectivity index (χ0v) is 13.3. The van der Waals surface area contributed by atoms with Crippen LogP contribution in [0.5, 0.6) is 0 Å². The second kappa shape index (κ2) is 7.95. The molecule has 0 atom stereocenters. The Morgan fingerprint density at radius 1 is 1.38 bits per heavy atom. The summed E-state index contributed by atoms with van der Waals surface area (Å²) in [5.41, 5.74) is 0.418. The van der Waals surface area contributed by atoms with Crippen molar-refractivity contribution < 1.29 is 14.7 Å². The molecule has 0 bridgehead atoms. The van der Waals surface area contributed by atoms with Crippen molar-refractivity contribution in [3.8, 4) is 0 Å². The van der Waals surface area contributed by atoms with Gasteiger partial charge in [0.25, 0.3) is 0 Å². The Labute approximate surface area is 133 Å². The number of benzene rings is 1. The van der Waals surface area contributed by atoms with Crippen molar-refractivity contribution >= 4 is 46.5 Å². The lowest BCUT2D eigenvalue weighted by atomic mass is 10.1. The van der Waals surface area contributed by atoms with Gasteiger partial charge in [-0.2, -0.15) is 0 Å². The summed E-state index contributed by atoms with van der Waals surface area (Å²) in [7, 11) is 0. The highest BCUT2D eigenvalue weighted by Crippen LogP contribution is 2.23. The molecule has 0 aliphatic rings.